The third-order valence-corrected chi connectivity index (χ3v) is 3.27. The highest BCUT2D eigenvalue weighted by molar-refractivity contribution is 5.84. The van der Waals surface area contributed by atoms with E-state index in [1.807, 2.05) is 6.20 Å². The van der Waals surface area contributed by atoms with Crippen LogP contribution in [0.3, 0.4) is 0 Å². The van der Waals surface area contributed by atoms with E-state index in [1.54, 1.807) is 0 Å². The topological polar surface area (TPSA) is 55.0 Å². The second kappa shape index (κ2) is 1.95. The summed E-state index contributed by atoms with van der Waals surface area (Å²) in [5.41, 5.74) is 2.10. The number of hydrogen-bond acceptors (Lipinski definition) is 3. The van der Waals surface area contributed by atoms with E-state index < -0.39 is 0 Å². The van der Waals surface area contributed by atoms with Gasteiger partial charge in [0.2, 0.25) is 0 Å². The molecule has 0 saturated heterocycles. The first-order chi connectivity index (χ1) is 6.28. The predicted octanol–water partition coefficient (Wildman–Crippen LogP) is 0.612. The molecule has 1 aromatic rings. The summed E-state index contributed by atoms with van der Waals surface area (Å²) >= 11 is 0. The van der Waals surface area contributed by atoms with Crippen molar-refractivity contribution in [3.8, 4) is 0 Å². The molecule has 0 amide bonds. The third-order valence-electron chi connectivity index (χ3n) is 3.27. The Morgan fingerprint density at radius 3 is 3.38 bits per heavy atom. The van der Waals surface area contributed by atoms with Crippen molar-refractivity contribution in [2.75, 3.05) is 7.11 Å². The lowest BCUT2D eigenvalue weighted by atomic mass is 10.0. The van der Waals surface area contributed by atoms with Crippen LogP contribution in [0.15, 0.2) is 6.20 Å². The zero-order valence-electron chi connectivity index (χ0n) is 7.33. The lowest BCUT2D eigenvalue weighted by molar-refractivity contribution is -0.147. The number of aromatic amines is 1. The van der Waals surface area contributed by atoms with Gasteiger partial charge in [0.25, 0.3) is 0 Å². The number of aromatic nitrogens is 2. The molecule has 4 heteroatoms. The van der Waals surface area contributed by atoms with Crippen molar-refractivity contribution in [3.05, 3.63) is 17.5 Å². The summed E-state index contributed by atoms with van der Waals surface area (Å²) in [5, 5.41) is 6.92. The minimum Gasteiger partial charge on any atom is -0.469 e. The van der Waals surface area contributed by atoms with Crippen molar-refractivity contribution in [3.63, 3.8) is 0 Å². The number of fused-ring (bicyclic) bond motifs is 3. The molecule has 0 aromatic carbocycles. The van der Waals surface area contributed by atoms with E-state index >= 15 is 0 Å². The lowest BCUT2D eigenvalue weighted by Gasteiger charge is -2.07. The maximum atomic E-state index is 11.5. The Balaban J connectivity index is 1.98. The summed E-state index contributed by atoms with van der Waals surface area (Å²) in [5.74, 6) is 0.277. The first kappa shape index (κ1) is 7.12. The van der Waals surface area contributed by atoms with Gasteiger partial charge in [-0.1, -0.05) is 0 Å². The molecule has 1 saturated carbocycles. The third kappa shape index (κ3) is 0.669. The molecular weight excluding hydrogens is 168 g/mol. The number of ether oxygens (including phenoxy) is 1. The first-order valence-electron chi connectivity index (χ1n) is 4.38. The van der Waals surface area contributed by atoms with Gasteiger partial charge in [0.1, 0.15) is 0 Å². The summed E-state index contributed by atoms with van der Waals surface area (Å²) in [7, 11) is 1.46. The van der Waals surface area contributed by atoms with Crippen LogP contribution < -0.4 is 0 Å². The van der Waals surface area contributed by atoms with E-state index in [0.29, 0.717) is 5.92 Å². The lowest BCUT2D eigenvalue weighted by Crippen LogP contribution is -2.18. The van der Waals surface area contributed by atoms with Gasteiger partial charge in [-0.25, -0.2) is 0 Å². The van der Waals surface area contributed by atoms with Crippen molar-refractivity contribution in [1.29, 1.82) is 0 Å². The van der Waals surface area contributed by atoms with Crippen LogP contribution in [-0.2, 0) is 16.0 Å². The molecule has 2 atom stereocenters. The second-order valence-corrected chi connectivity index (χ2v) is 3.89. The number of carbonyl (C=O) groups is 1. The number of esters is 1. The van der Waals surface area contributed by atoms with Gasteiger partial charge in [-0.2, -0.15) is 5.10 Å². The monoisotopic (exact) mass is 178 g/mol. The van der Waals surface area contributed by atoms with E-state index in [0.717, 1.165) is 18.5 Å². The maximum Gasteiger partial charge on any atom is 0.312 e. The second-order valence-electron chi connectivity index (χ2n) is 3.89. The van der Waals surface area contributed by atoms with Gasteiger partial charge in [-0.05, 0) is 18.4 Å². The standard InChI is InChI=1S/C9H10N2O2/c1-13-8(12)9-2-5-4-10-11-7(5)6(9)3-9/h4,6H,2-3H2,1H3,(H,10,11). The van der Waals surface area contributed by atoms with Crippen LogP contribution in [0.25, 0.3) is 0 Å². The number of methoxy groups -OCH3 is 1. The summed E-state index contributed by atoms with van der Waals surface area (Å²) < 4.78 is 4.81. The van der Waals surface area contributed by atoms with Gasteiger partial charge in [-0.3, -0.25) is 9.89 Å². The van der Waals surface area contributed by atoms with E-state index in [4.69, 9.17) is 4.74 Å². The molecule has 2 aliphatic rings. The van der Waals surface area contributed by atoms with Gasteiger partial charge in [-0.15, -0.1) is 0 Å². The SMILES string of the molecule is COC(=O)C12Cc3cn[nH]c3C1C2. The smallest absolute Gasteiger partial charge is 0.312 e. The van der Waals surface area contributed by atoms with Crippen LogP contribution in [-0.4, -0.2) is 23.3 Å². The number of carbonyl (C=O) groups excluding carboxylic acids is 1. The van der Waals surface area contributed by atoms with Crippen LogP contribution in [0.1, 0.15) is 23.6 Å². The van der Waals surface area contributed by atoms with Gasteiger partial charge < -0.3 is 4.74 Å². The van der Waals surface area contributed by atoms with Crippen LogP contribution in [0.5, 0.6) is 0 Å². The Kier molecular flexibility index (Phi) is 1.07. The average Bonchev–Trinajstić information content (AvgIpc) is 2.57. The fraction of sp³-hybridized carbons (Fsp3) is 0.556. The van der Waals surface area contributed by atoms with Gasteiger partial charge in [0, 0.05) is 11.6 Å². The largest absolute Gasteiger partial charge is 0.469 e. The van der Waals surface area contributed by atoms with Crippen molar-refractivity contribution < 1.29 is 9.53 Å². The van der Waals surface area contributed by atoms with Gasteiger partial charge in [0.15, 0.2) is 0 Å². The molecule has 1 fully saturated rings. The molecule has 1 N–H and O–H groups in total. The Hall–Kier alpha value is -1.32. The Bertz CT molecular complexity index is 385. The van der Waals surface area contributed by atoms with E-state index in [1.165, 1.54) is 12.7 Å². The molecule has 4 nitrogen and oxygen atoms in total. The van der Waals surface area contributed by atoms with Crippen molar-refractivity contribution >= 4 is 5.97 Å². The fourth-order valence-corrected chi connectivity index (χ4v) is 2.48. The quantitative estimate of drug-likeness (QED) is 0.641. The molecular formula is C9H10N2O2. The summed E-state index contributed by atoms with van der Waals surface area (Å²) in [6.45, 7) is 0. The van der Waals surface area contributed by atoms with E-state index in [9.17, 15) is 4.79 Å². The molecule has 0 bridgehead atoms. The van der Waals surface area contributed by atoms with Gasteiger partial charge >= 0.3 is 5.97 Å². The molecule has 2 aliphatic carbocycles. The summed E-state index contributed by atoms with van der Waals surface area (Å²) in [6, 6.07) is 0. The molecule has 68 valence electrons. The molecule has 3 rings (SSSR count). The van der Waals surface area contributed by atoms with Gasteiger partial charge in [0.05, 0.1) is 18.7 Å². The number of hydrogen-bond donors (Lipinski definition) is 1. The zero-order valence-corrected chi connectivity index (χ0v) is 7.33. The Labute approximate surface area is 75.3 Å². The highest BCUT2D eigenvalue weighted by atomic mass is 16.5. The number of nitrogens with zero attached hydrogens (tertiary/aromatic N) is 1. The minimum absolute atomic E-state index is 0.0675. The maximum absolute atomic E-state index is 11.5. The fourth-order valence-electron chi connectivity index (χ4n) is 2.48. The average molecular weight is 178 g/mol. The Morgan fingerprint density at radius 2 is 2.69 bits per heavy atom. The highest BCUT2D eigenvalue weighted by Gasteiger charge is 2.66. The molecule has 0 spiro atoms. The minimum atomic E-state index is -0.223. The molecule has 0 aliphatic heterocycles. The summed E-state index contributed by atoms with van der Waals surface area (Å²) in [4.78, 5) is 11.5. The van der Waals surface area contributed by atoms with E-state index in [2.05, 4.69) is 10.2 Å². The molecule has 13 heavy (non-hydrogen) atoms. The van der Waals surface area contributed by atoms with E-state index in [-0.39, 0.29) is 11.4 Å². The van der Waals surface area contributed by atoms with Crippen LogP contribution in [0.4, 0.5) is 0 Å². The zero-order chi connectivity index (χ0) is 9.05. The number of H-pyrrole nitrogens is 1. The first-order valence-corrected chi connectivity index (χ1v) is 4.38. The highest BCUT2D eigenvalue weighted by Crippen LogP contribution is 2.66. The normalized spacial score (nSPS) is 33.8. The molecule has 1 heterocycles. The molecule has 1 aromatic heterocycles. The van der Waals surface area contributed by atoms with Crippen molar-refractivity contribution in [1.82, 2.24) is 10.2 Å². The van der Waals surface area contributed by atoms with Crippen LogP contribution in [0.2, 0.25) is 0 Å². The Morgan fingerprint density at radius 1 is 1.85 bits per heavy atom. The summed E-state index contributed by atoms with van der Waals surface area (Å²) in [6.07, 6.45) is 3.54. The number of rotatable bonds is 1. The van der Waals surface area contributed by atoms with Crippen LogP contribution in [0, 0.1) is 5.41 Å². The molecule has 2 unspecified atom stereocenters. The van der Waals surface area contributed by atoms with Crippen LogP contribution >= 0.6 is 0 Å². The number of nitrogens with one attached hydrogen (secondary N) is 1. The van der Waals surface area contributed by atoms with Crippen molar-refractivity contribution in [2.45, 2.75) is 18.8 Å². The van der Waals surface area contributed by atoms with Crippen molar-refractivity contribution in [2.24, 2.45) is 5.41 Å². The predicted molar refractivity (Wildman–Crippen MR) is 44.1 cm³/mol. The molecule has 0 radical (unpaired) electrons.